The molecule has 0 saturated heterocycles. The predicted molar refractivity (Wildman–Crippen MR) is 119 cm³/mol. The van der Waals surface area contributed by atoms with E-state index in [9.17, 15) is 9.18 Å². The Morgan fingerprint density at radius 2 is 1.79 bits per heavy atom. The topological polar surface area (TPSA) is 45.7 Å². The highest BCUT2D eigenvalue weighted by Gasteiger charge is 2.22. The van der Waals surface area contributed by atoms with Crippen molar-refractivity contribution >= 4 is 45.0 Å². The standard InChI is InChI=1S/C21H24FN3O2S.ClH/c1-4-24(5-2)12-13-25(20(26)15-6-8-16(22)9-7-15)21-23-18-11-10-17(27-3)14-19(18)28-21;/h6-11,14H,4-5,12-13H2,1-3H3;1H. The van der Waals surface area contributed by atoms with Crippen molar-refractivity contribution in [3.05, 3.63) is 53.8 Å². The third-order valence-corrected chi connectivity index (χ3v) is 5.73. The zero-order chi connectivity index (χ0) is 20.1. The van der Waals surface area contributed by atoms with Crippen LogP contribution in [0.1, 0.15) is 24.2 Å². The summed E-state index contributed by atoms with van der Waals surface area (Å²) in [7, 11) is 1.62. The minimum atomic E-state index is -0.363. The number of ether oxygens (including phenoxy) is 1. The Hall–Kier alpha value is -2.22. The summed E-state index contributed by atoms with van der Waals surface area (Å²) < 4.78 is 19.5. The van der Waals surface area contributed by atoms with Crippen molar-refractivity contribution in [2.24, 2.45) is 0 Å². The predicted octanol–water partition coefficient (Wildman–Crippen LogP) is 4.85. The van der Waals surface area contributed by atoms with Gasteiger partial charge in [-0.15, -0.1) is 12.4 Å². The normalized spacial score (nSPS) is 10.8. The molecular weight excluding hydrogens is 413 g/mol. The highest BCUT2D eigenvalue weighted by molar-refractivity contribution is 7.22. The van der Waals surface area contributed by atoms with Crippen molar-refractivity contribution in [1.82, 2.24) is 9.88 Å². The SMILES string of the molecule is CCN(CC)CCN(C(=O)c1ccc(F)cc1)c1nc2ccc(OC)cc2s1.Cl. The second-order valence-electron chi connectivity index (χ2n) is 6.32. The maximum Gasteiger partial charge on any atom is 0.260 e. The molecule has 2 aromatic carbocycles. The van der Waals surface area contributed by atoms with Gasteiger partial charge in [-0.2, -0.15) is 0 Å². The largest absolute Gasteiger partial charge is 0.497 e. The number of fused-ring (bicyclic) bond motifs is 1. The molecule has 0 fully saturated rings. The summed E-state index contributed by atoms with van der Waals surface area (Å²) in [6.45, 7) is 7.26. The number of benzene rings is 2. The lowest BCUT2D eigenvalue weighted by molar-refractivity contribution is 0.0983. The highest BCUT2D eigenvalue weighted by Crippen LogP contribution is 2.32. The maximum absolute atomic E-state index is 13.3. The van der Waals surface area contributed by atoms with Crippen molar-refractivity contribution in [3.8, 4) is 5.75 Å². The summed E-state index contributed by atoms with van der Waals surface area (Å²) in [6.07, 6.45) is 0. The molecule has 3 rings (SSSR count). The summed E-state index contributed by atoms with van der Waals surface area (Å²) in [5.74, 6) is 0.207. The van der Waals surface area contributed by atoms with Crippen LogP contribution in [-0.4, -0.2) is 49.1 Å². The third-order valence-electron chi connectivity index (χ3n) is 4.69. The minimum Gasteiger partial charge on any atom is -0.497 e. The second kappa shape index (κ2) is 10.5. The summed E-state index contributed by atoms with van der Waals surface area (Å²) in [6, 6.07) is 11.3. The zero-order valence-corrected chi connectivity index (χ0v) is 18.4. The van der Waals surface area contributed by atoms with Gasteiger partial charge < -0.3 is 9.64 Å². The number of nitrogens with zero attached hydrogens (tertiary/aromatic N) is 3. The molecule has 1 aromatic heterocycles. The van der Waals surface area contributed by atoms with E-state index in [0.29, 0.717) is 17.2 Å². The average molecular weight is 438 g/mol. The van der Waals surface area contributed by atoms with Crippen LogP contribution < -0.4 is 9.64 Å². The number of aromatic nitrogens is 1. The molecule has 0 bridgehead atoms. The number of carbonyl (C=O) groups is 1. The monoisotopic (exact) mass is 437 g/mol. The molecule has 156 valence electrons. The maximum atomic E-state index is 13.3. The Kier molecular flexibility index (Phi) is 8.37. The quantitative estimate of drug-likeness (QED) is 0.505. The van der Waals surface area contributed by atoms with Crippen LogP contribution in [0.5, 0.6) is 5.75 Å². The summed E-state index contributed by atoms with van der Waals surface area (Å²) in [5.41, 5.74) is 1.26. The number of halogens is 2. The van der Waals surface area contributed by atoms with Crippen LogP contribution in [0.2, 0.25) is 0 Å². The van der Waals surface area contributed by atoms with Crippen molar-refractivity contribution in [2.45, 2.75) is 13.8 Å². The van der Waals surface area contributed by atoms with Crippen molar-refractivity contribution in [1.29, 1.82) is 0 Å². The van der Waals surface area contributed by atoms with Crippen LogP contribution in [0.3, 0.4) is 0 Å². The first-order valence-electron chi connectivity index (χ1n) is 9.30. The number of carbonyl (C=O) groups excluding carboxylic acids is 1. The number of likely N-dealkylation sites (N-methyl/N-ethyl adjacent to an activating group) is 1. The average Bonchev–Trinajstić information content (AvgIpc) is 3.14. The van der Waals surface area contributed by atoms with Crippen molar-refractivity contribution in [2.75, 3.05) is 38.2 Å². The molecule has 0 spiro atoms. The molecule has 29 heavy (non-hydrogen) atoms. The first-order chi connectivity index (χ1) is 13.5. The van der Waals surface area contributed by atoms with E-state index in [0.717, 1.165) is 35.6 Å². The van der Waals surface area contributed by atoms with E-state index >= 15 is 0 Å². The summed E-state index contributed by atoms with van der Waals surface area (Å²) >= 11 is 1.45. The second-order valence-corrected chi connectivity index (χ2v) is 7.33. The van der Waals surface area contributed by atoms with Crippen LogP contribution in [-0.2, 0) is 0 Å². The van der Waals surface area contributed by atoms with Crippen LogP contribution in [0.25, 0.3) is 10.2 Å². The van der Waals surface area contributed by atoms with Gasteiger partial charge in [0.25, 0.3) is 5.91 Å². The molecule has 0 atom stereocenters. The fourth-order valence-corrected chi connectivity index (χ4v) is 3.97. The number of rotatable bonds is 8. The molecule has 8 heteroatoms. The molecule has 3 aromatic rings. The van der Waals surface area contributed by atoms with Gasteiger partial charge >= 0.3 is 0 Å². The number of thiazole rings is 1. The van der Waals surface area contributed by atoms with Crippen LogP contribution in [0, 0.1) is 5.82 Å². The van der Waals surface area contributed by atoms with Gasteiger partial charge in [0.1, 0.15) is 11.6 Å². The number of methoxy groups -OCH3 is 1. The molecule has 5 nitrogen and oxygen atoms in total. The Balaban J connectivity index is 0.00000300. The first kappa shape index (κ1) is 23.1. The van der Waals surface area contributed by atoms with E-state index in [1.54, 1.807) is 12.0 Å². The lowest BCUT2D eigenvalue weighted by Crippen LogP contribution is -2.38. The van der Waals surface area contributed by atoms with Crippen LogP contribution >= 0.6 is 23.7 Å². The van der Waals surface area contributed by atoms with E-state index in [2.05, 4.69) is 23.7 Å². The molecule has 1 heterocycles. The Morgan fingerprint density at radius 1 is 1.10 bits per heavy atom. The van der Waals surface area contributed by atoms with E-state index in [-0.39, 0.29) is 24.1 Å². The molecule has 0 N–H and O–H groups in total. The molecule has 0 aliphatic carbocycles. The highest BCUT2D eigenvalue weighted by atomic mass is 35.5. The van der Waals surface area contributed by atoms with Crippen molar-refractivity contribution in [3.63, 3.8) is 0 Å². The molecule has 0 radical (unpaired) electrons. The van der Waals surface area contributed by atoms with Gasteiger partial charge in [0.05, 0.1) is 17.3 Å². The Bertz CT molecular complexity index is 945. The molecule has 0 unspecified atom stereocenters. The van der Waals surface area contributed by atoms with Gasteiger partial charge in [0.2, 0.25) is 0 Å². The first-order valence-corrected chi connectivity index (χ1v) is 10.1. The van der Waals surface area contributed by atoms with Gasteiger partial charge in [-0.05, 0) is 55.6 Å². The fourth-order valence-electron chi connectivity index (χ4n) is 2.95. The lowest BCUT2D eigenvalue weighted by atomic mass is 10.2. The Labute approximate surface area is 180 Å². The minimum absolute atomic E-state index is 0. The molecule has 0 saturated carbocycles. The molecular formula is C21H25ClFN3O2S. The lowest BCUT2D eigenvalue weighted by Gasteiger charge is -2.24. The molecule has 1 amide bonds. The smallest absolute Gasteiger partial charge is 0.260 e. The molecule has 0 aliphatic heterocycles. The van der Waals surface area contributed by atoms with Crippen molar-refractivity contribution < 1.29 is 13.9 Å². The third kappa shape index (κ3) is 5.44. The van der Waals surface area contributed by atoms with Gasteiger partial charge in [0, 0.05) is 18.7 Å². The zero-order valence-electron chi connectivity index (χ0n) is 16.7. The number of amides is 1. The fraction of sp³-hybridized carbons (Fsp3) is 0.333. The summed E-state index contributed by atoms with van der Waals surface area (Å²) in [4.78, 5) is 21.8. The van der Waals surface area contributed by atoms with Gasteiger partial charge in [-0.25, -0.2) is 9.37 Å². The number of hydrogen-bond acceptors (Lipinski definition) is 5. The number of hydrogen-bond donors (Lipinski definition) is 0. The van der Waals surface area contributed by atoms with Crippen LogP contribution in [0.15, 0.2) is 42.5 Å². The van der Waals surface area contributed by atoms with E-state index in [1.165, 1.54) is 35.6 Å². The van der Waals surface area contributed by atoms with E-state index in [4.69, 9.17) is 4.74 Å². The van der Waals surface area contributed by atoms with Gasteiger partial charge in [0.15, 0.2) is 5.13 Å². The Morgan fingerprint density at radius 3 is 2.41 bits per heavy atom. The van der Waals surface area contributed by atoms with Gasteiger partial charge in [-0.3, -0.25) is 9.69 Å². The van der Waals surface area contributed by atoms with Gasteiger partial charge in [-0.1, -0.05) is 25.2 Å². The molecule has 0 aliphatic rings. The number of anilines is 1. The van der Waals surface area contributed by atoms with E-state index < -0.39 is 0 Å². The van der Waals surface area contributed by atoms with E-state index in [1.807, 2.05) is 18.2 Å². The summed E-state index contributed by atoms with van der Waals surface area (Å²) in [5, 5.41) is 0.629. The van der Waals surface area contributed by atoms with Crippen LogP contribution in [0.4, 0.5) is 9.52 Å².